The Balaban J connectivity index is 1.71. The van der Waals surface area contributed by atoms with Crippen molar-refractivity contribution in [2.24, 2.45) is 0 Å². The zero-order chi connectivity index (χ0) is 28.7. The number of aliphatic hydroxyl groups excluding tert-OH is 1. The summed E-state index contributed by atoms with van der Waals surface area (Å²) in [6.07, 6.45) is 0. The van der Waals surface area contributed by atoms with Gasteiger partial charge in [0.05, 0.1) is 36.4 Å². The number of benzene rings is 3. The van der Waals surface area contributed by atoms with Crippen LogP contribution in [-0.4, -0.2) is 40.5 Å². The highest BCUT2D eigenvalue weighted by molar-refractivity contribution is 6.51. The lowest BCUT2D eigenvalue weighted by atomic mass is 9.93. The quantitative estimate of drug-likeness (QED) is 0.161. The molecule has 1 amide bonds. The molecular formula is C32H33N3O5. The van der Waals surface area contributed by atoms with Crippen molar-refractivity contribution in [1.29, 1.82) is 0 Å². The Hall–Kier alpha value is -4.59. The molecule has 0 saturated carbocycles. The molecule has 1 atom stereocenters. The number of methoxy groups -OCH3 is 1. The number of anilines is 1. The van der Waals surface area contributed by atoms with Crippen molar-refractivity contribution < 1.29 is 24.2 Å². The van der Waals surface area contributed by atoms with Gasteiger partial charge in [0.25, 0.3) is 5.78 Å². The monoisotopic (exact) mass is 539 g/mol. The van der Waals surface area contributed by atoms with E-state index in [0.717, 1.165) is 22.2 Å². The lowest BCUT2D eigenvalue weighted by molar-refractivity contribution is -0.132. The number of fused-ring (bicyclic) bond motifs is 1. The minimum absolute atomic E-state index is 0.0122. The van der Waals surface area contributed by atoms with E-state index in [2.05, 4.69) is 9.97 Å². The summed E-state index contributed by atoms with van der Waals surface area (Å²) in [6.45, 7) is 10.5. The van der Waals surface area contributed by atoms with Crippen LogP contribution in [0, 0.1) is 13.8 Å². The van der Waals surface area contributed by atoms with Gasteiger partial charge in [-0.15, -0.1) is 0 Å². The minimum atomic E-state index is -0.914. The minimum Gasteiger partial charge on any atom is -0.507 e. The van der Waals surface area contributed by atoms with Crippen LogP contribution in [0.5, 0.6) is 11.5 Å². The average Bonchev–Trinajstić information content (AvgIpc) is 3.45. The Bertz CT molecular complexity index is 1610. The third kappa shape index (κ3) is 4.59. The summed E-state index contributed by atoms with van der Waals surface area (Å²) in [5, 5.41) is 11.6. The van der Waals surface area contributed by atoms with Crippen molar-refractivity contribution in [2.45, 2.75) is 46.6 Å². The van der Waals surface area contributed by atoms with Gasteiger partial charge in [-0.25, -0.2) is 4.98 Å². The Labute approximate surface area is 233 Å². The topological polar surface area (TPSA) is 105 Å². The first kappa shape index (κ1) is 27.0. The van der Waals surface area contributed by atoms with Crippen LogP contribution in [0.25, 0.3) is 16.8 Å². The first-order chi connectivity index (χ1) is 19.1. The fourth-order valence-electron chi connectivity index (χ4n) is 5.11. The molecule has 3 aromatic carbocycles. The molecule has 2 N–H and O–H groups in total. The SMILES string of the molecule is CCOc1ccc(/C(O)=C2\C(=O)C(=O)N(c3nc4cc(C)c(C)cc4[nH]3)C2c2ccc(OC)cc2)cc1C(C)C. The van der Waals surface area contributed by atoms with Gasteiger partial charge in [-0.05, 0) is 91.4 Å². The van der Waals surface area contributed by atoms with Crippen LogP contribution in [0.2, 0.25) is 0 Å². The maximum Gasteiger partial charge on any atom is 0.302 e. The van der Waals surface area contributed by atoms with Crippen molar-refractivity contribution in [3.63, 3.8) is 0 Å². The van der Waals surface area contributed by atoms with Crippen molar-refractivity contribution in [3.05, 3.63) is 88.0 Å². The predicted molar refractivity (Wildman–Crippen MR) is 155 cm³/mol. The maximum atomic E-state index is 13.6. The van der Waals surface area contributed by atoms with Gasteiger partial charge in [-0.2, -0.15) is 0 Å². The standard InChI is InChI=1S/C32H33N3O5/c1-7-40-26-13-10-21(16-23(26)17(2)3)29(36)27-28(20-8-11-22(39-6)12-9-20)35(31(38)30(27)37)32-33-24-14-18(4)19(5)15-25(24)34-32/h8-17,28,36H,7H2,1-6H3,(H,33,34)/b29-27+. The van der Waals surface area contributed by atoms with Crippen LogP contribution >= 0.6 is 0 Å². The molecule has 0 bridgehead atoms. The van der Waals surface area contributed by atoms with Crippen molar-refractivity contribution in [1.82, 2.24) is 9.97 Å². The second-order valence-electron chi connectivity index (χ2n) is 10.3. The average molecular weight is 540 g/mol. The summed E-state index contributed by atoms with van der Waals surface area (Å²) in [5.41, 5.74) is 5.52. The van der Waals surface area contributed by atoms with E-state index in [4.69, 9.17) is 9.47 Å². The van der Waals surface area contributed by atoms with Crippen LogP contribution in [0.15, 0.2) is 60.2 Å². The van der Waals surface area contributed by atoms with E-state index < -0.39 is 17.7 Å². The highest BCUT2D eigenvalue weighted by Crippen LogP contribution is 2.43. The maximum absolute atomic E-state index is 13.6. The number of aromatic amines is 1. The molecule has 0 spiro atoms. The molecule has 206 valence electrons. The number of hydrogen-bond acceptors (Lipinski definition) is 6. The van der Waals surface area contributed by atoms with E-state index >= 15 is 0 Å². The van der Waals surface area contributed by atoms with Crippen molar-refractivity contribution in [2.75, 3.05) is 18.6 Å². The van der Waals surface area contributed by atoms with Crippen molar-refractivity contribution in [3.8, 4) is 11.5 Å². The van der Waals surface area contributed by atoms with E-state index in [1.165, 1.54) is 4.90 Å². The summed E-state index contributed by atoms with van der Waals surface area (Å²) in [5.74, 6) is -0.129. The highest BCUT2D eigenvalue weighted by atomic mass is 16.5. The summed E-state index contributed by atoms with van der Waals surface area (Å²) < 4.78 is 11.1. The largest absolute Gasteiger partial charge is 0.507 e. The highest BCUT2D eigenvalue weighted by Gasteiger charge is 2.48. The van der Waals surface area contributed by atoms with E-state index in [9.17, 15) is 14.7 Å². The molecule has 1 unspecified atom stereocenters. The second kappa shape index (κ2) is 10.5. The molecule has 1 saturated heterocycles. The number of imidazole rings is 1. The zero-order valence-corrected chi connectivity index (χ0v) is 23.5. The van der Waals surface area contributed by atoms with Gasteiger partial charge in [0, 0.05) is 5.56 Å². The fourth-order valence-corrected chi connectivity index (χ4v) is 5.11. The van der Waals surface area contributed by atoms with Crippen LogP contribution < -0.4 is 14.4 Å². The number of H-pyrrole nitrogens is 1. The summed E-state index contributed by atoms with van der Waals surface area (Å²) in [4.78, 5) is 36.5. The molecule has 4 aromatic rings. The number of amides is 1. The van der Waals surface area contributed by atoms with Crippen molar-refractivity contribution >= 4 is 34.4 Å². The fraction of sp³-hybridized carbons (Fsp3) is 0.281. The number of Topliss-reactive ketones (excluding diaryl/α,β-unsaturated/α-hetero) is 1. The molecule has 0 radical (unpaired) electrons. The number of ether oxygens (including phenoxy) is 2. The van der Waals surface area contributed by atoms with Gasteiger partial charge in [0.2, 0.25) is 5.95 Å². The van der Waals surface area contributed by atoms with Crippen LogP contribution in [0.3, 0.4) is 0 Å². The number of hydrogen-bond donors (Lipinski definition) is 2. The van der Waals surface area contributed by atoms with E-state index in [0.29, 0.717) is 34.7 Å². The molecule has 2 heterocycles. The first-order valence-corrected chi connectivity index (χ1v) is 13.3. The molecule has 0 aliphatic carbocycles. The molecule has 1 aliphatic heterocycles. The number of rotatable bonds is 7. The number of aryl methyl sites for hydroxylation is 2. The van der Waals surface area contributed by atoms with E-state index in [1.54, 1.807) is 43.5 Å². The Morgan fingerprint density at radius 2 is 1.75 bits per heavy atom. The number of ketones is 1. The molecular weight excluding hydrogens is 506 g/mol. The summed E-state index contributed by atoms with van der Waals surface area (Å²) in [6, 6.07) is 15.4. The Morgan fingerprint density at radius 3 is 2.40 bits per heavy atom. The Morgan fingerprint density at radius 1 is 1.05 bits per heavy atom. The molecule has 8 nitrogen and oxygen atoms in total. The summed E-state index contributed by atoms with van der Waals surface area (Å²) >= 11 is 0. The van der Waals surface area contributed by atoms with Gasteiger partial charge in [0.15, 0.2) is 0 Å². The van der Waals surface area contributed by atoms with Crippen LogP contribution in [0.1, 0.15) is 60.5 Å². The number of aliphatic hydroxyl groups is 1. The Kier molecular flexibility index (Phi) is 7.10. The van der Waals surface area contributed by atoms with E-state index in [1.807, 2.05) is 52.8 Å². The van der Waals surface area contributed by atoms with Gasteiger partial charge in [-0.3, -0.25) is 14.5 Å². The first-order valence-electron chi connectivity index (χ1n) is 13.3. The second-order valence-corrected chi connectivity index (χ2v) is 10.3. The number of aromatic nitrogens is 2. The molecule has 1 aliphatic rings. The normalized spacial score (nSPS) is 16.8. The van der Waals surface area contributed by atoms with Crippen LogP contribution in [-0.2, 0) is 9.59 Å². The lowest BCUT2D eigenvalue weighted by Gasteiger charge is -2.23. The van der Waals surface area contributed by atoms with Gasteiger partial charge >= 0.3 is 5.91 Å². The third-order valence-electron chi connectivity index (χ3n) is 7.39. The van der Waals surface area contributed by atoms with Gasteiger partial charge in [0.1, 0.15) is 17.3 Å². The lowest BCUT2D eigenvalue weighted by Crippen LogP contribution is -2.30. The zero-order valence-electron chi connectivity index (χ0n) is 23.5. The molecule has 1 fully saturated rings. The van der Waals surface area contributed by atoms with E-state index in [-0.39, 0.29) is 23.2 Å². The molecule has 40 heavy (non-hydrogen) atoms. The van der Waals surface area contributed by atoms with Gasteiger partial charge in [-0.1, -0.05) is 26.0 Å². The smallest absolute Gasteiger partial charge is 0.302 e. The number of nitrogens with zero attached hydrogens (tertiary/aromatic N) is 2. The molecule has 5 rings (SSSR count). The third-order valence-corrected chi connectivity index (χ3v) is 7.39. The molecule has 1 aromatic heterocycles. The predicted octanol–water partition coefficient (Wildman–Crippen LogP) is 6.34. The number of carbonyl (C=O) groups is 2. The van der Waals surface area contributed by atoms with Crippen LogP contribution in [0.4, 0.5) is 5.95 Å². The number of carbonyl (C=O) groups excluding carboxylic acids is 2. The number of nitrogens with one attached hydrogen (secondary N) is 1. The summed E-state index contributed by atoms with van der Waals surface area (Å²) in [7, 11) is 1.57. The molecule has 8 heteroatoms. The van der Waals surface area contributed by atoms with Gasteiger partial charge < -0.3 is 19.6 Å².